The van der Waals surface area contributed by atoms with Gasteiger partial charge in [-0.1, -0.05) is 0 Å². The second kappa shape index (κ2) is 3.90. The number of fused-ring (bicyclic) bond motifs is 1. The Morgan fingerprint density at radius 3 is 2.93 bits per heavy atom. The van der Waals surface area contributed by atoms with Gasteiger partial charge < -0.3 is 10.6 Å². The number of aromatic nitrogens is 2. The minimum atomic E-state index is 0.786. The lowest BCUT2D eigenvalue weighted by atomic mass is 10.2. The molecule has 0 amide bonds. The fourth-order valence-corrected chi connectivity index (χ4v) is 1.56. The van der Waals surface area contributed by atoms with Gasteiger partial charge in [0.1, 0.15) is 0 Å². The van der Waals surface area contributed by atoms with Crippen LogP contribution in [0.15, 0.2) is 24.4 Å². The number of hydrogen-bond acceptors (Lipinski definition) is 3. The summed E-state index contributed by atoms with van der Waals surface area (Å²) in [6, 6.07) is 5.88. The van der Waals surface area contributed by atoms with E-state index in [0.29, 0.717) is 0 Å². The summed E-state index contributed by atoms with van der Waals surface area (Å²) in [5, 5.41) is 5.48. The van der Waals surface area contributed by atoms with E-state index in [-0.39, 0.29) is 0 Å². The van der Waals surface area contributed by atoms with Crippen LogP contribution in [0, 0.1) is 0 Å². The molecule has 1 heterocycles. The third-order valence-corrected chi connectivity index (χ3v) is 2.43. The molecule has 15 heavy (non-hydrogen) atoms. The first-order valence-electron chi connectivity index (χ1n) is 5.02. The molecule has 4 nitrogen and oxygen atoms in total. The summed E-state index contributed by atoms with van der Waals surface area (Å²) in [6.07, 6.45) is 1.88. The number of anilines is 1. The molecule has 80 valence electrons. The van der Waals surface area contributed by atoms with E-state index < -0.39 is 0 Å². The number of rotatable bonds is 3. The van der Waals surface area contributed by atoms with Crippen LogP contribution in [0.1, 0.15) is 0 Å². The molecule has 1 aromatic heterocycles. The highest BCUT2D eigenvalue weighted by molar-refractivity contribution is 5.81. The van der Waals surface area contributed by atoms with Crippen LogP contribution in [0.4, 0.5) is 5.69 Å². The summed E-state index contributed by atoms with van der Waals surface area (Å²) in [7, 11) is 4.11. The van der Waals surface area contributed by atoms with E-state index >= 15 is 0 Å². The molecule has 0 aliphatic carbocycles. The summed E-state index contributed by atoms with van der Waals surface area (Å²) < 4.78 is 1.99. The van der Waals surface area contributed by atoms with Crippen molar-refractivity contribution >= 4 is 16.6 Å². The number of nitrogen functional groups attached to an aromatic ring is 1. The Balaban J connectivity index is 2.31. The van der Waals surface area contributed by atoms with Gasteiger partial charge in [0, 0.05) is 17.6 Å². The predicted molar refractivity (Wildman–Crippen MR) is 62.7 cm³/mol. The summed E-state index contributed by atoms with van der Waals surface area (Å²) in [4.78, 5) is 2.14. The van der Waals surface area contributed by atoms with Crippen molar-refractivity contribution in [1.29, 1.82) is 0 Å². The third kappa shape index (κ3) is 2.10. The maximum atomic E-state index is 5.76. The second-order valence-corrected chi connectivity index (χ2v) is 3.99. The first-order valence-corrected chi connectivity index (χ1v) is 5.02. The molecule has 0 bridgehead atoms. The molecule has 1 aromatic carbocycles. The van der Waals surface area contributed by atoms with Gasteiger partial charge in [-0.3, -0.25) is 4.68 Å². The number of benzene rings is 1. The number of nitrogens with two attached hydrogens (primary N) is 1. The Bertz CT molecular complexity index is 459. The van der Waals surface area contributed by atoms with Gasteiger partial charge in [-0.15, -0.1) is 0 Å². The molecular formula is C11H16N4. The maximum absolute atomic E-state index is 5.76. The molecule has 2 N–H and O–H groups in total. The van der Waals surface area contributed by atoms with E-state index in [1.165, 1.54) is 0 Å². The molecule has 0 aliphatic rings. The van der Waals surface area contributed by atoms with Gasteiger partial charge in [0.2, 0.25) is 0 Å². The maximum Gasteiger partial charge on any atom is 0.0703 e. The molecule has 4 heteroatoms. The summed E-state index contributed by atoms with van der Waals surface area (Å²) in [6.45, 7) is 1.87. The van der Waals surface area contributed by atoms with Gasteiger partial charge in [0.15, 0.2) is 0 Å². The normalized spacial score (nSPS) is 11.4. The third-order valence-electron chi connectivity index (χ3n) is 2.43. The van der Waals surface area contributed by atoms with Crippen LogP contribution in [-0.2, 0) is 6.54 Å². The SMILES string of the molecule is CN(C)CCn1ncc2ccc(N)cc21. The van der Waals surface area contributed by atoms with E-state index in [9.17, 15) is 0 Å². The minimum absolute atomic E-state index is 0.786. The van der Waals surface area contributed by atoms with Crippen LogP contribution in [0.25, 0.3) is 10.9 Å². The molecule has 0 aliphatic heterocycles. The number of nitrogens with zero attached hydrogens (tertiary/aromatic N) is 3. The summed E-state index contributed by atoms with van der Waals surface area (Å²) >= 11 is 0. The van der Waals surface area contributed by atoms with Gasteiger partial charge in [-0.05, 0) is 32.3 Å². The zero-order chi connectivity index (χ0) is 10.8. The first-order chi connectivity index (χ1) is 7.16. The fourth-order valence-electron chi connectivity index (χ4n) is 1.56. The Labute approximate surface area is 89.3 Å². The van der Waals surface area contributed by atoms with Crippen molar-refractivity contribution in [2.75, 3.05) is 26.4 Å². The van der Waals surface area contributed by atoms with Gasteiger partial charge >= 0.3 is 0 Å². The zero-order valence-electron chi connectivity index (χ0n) is 9.14. The van der Waals surface area contributed by atoms with Gasteiger partial charge in [-0.2, -0.15) is 5.10 Å². The van der Waals surface area contributed by atoms with E-state index in [1.54, 1.807) is 0 Å². The van der Waals surface area contributed by atoms with Crippen LogP contribution >= 0.6 is 0 Å². The quantitative estimate of drug-likeness (QED) is 0.764. The van der Waals surface area contributed by atoms with E-state index in [1.807, 2.05) is 29.1 Å². The molecule has 0 fully saturated rings. The van der Waals surface area contributed by atoms with E-state index in [2.05, 4.69) is 24.1 Å². The van der Waals surface area contributed by atoms with Crippen molar-refractivity contribution in [3.8, 4) is 0 Å². The Morgan fingerprint density at radius 1 is 1.40 bits per heavy atom. The van der Waals surface area contributed by atoms with E-state index in [4.69, 9.17) is 5.73 Å². The molecule has 0 saturated heterocycles. The zero-order valence-corrected chi connectivity index (χ0v) is 9.14. The smallest absolute Gasteiger partial charge is 0.0703 e. The van der Waals surface area contributed by atoms with Crippen LogP contribution in [0.2, 0.25) is 0 Å². The van der Waals surface area contributed by atoms with Gasteiger partial charge in [-0.25, -0.2) is 0 Å². The Hall–Kier alpha value is -1.55. The minimum Gasteiger partial charge on any atom is -0.399 e. The molecular weight excluding hydrogens is 188 g/mol. The highest BCUT2D eigenvalue weighted by Crippen LogP contribution is 2.16. The molecule has 0 radical (unpaired) electrons. The summed E-state index contributed by atoms with van der Waals surface area (Å²) in [5.74, 6) is 0. The largest absolute Gasteiger partial charge is 0.399 e. The highest BCUT2D eigenvalue weighted by Gasteiger charge is 2.02. The first kappa shape index (κ1) is 9.98. The Morgan fingerprint density at radius 2 is 2.20 bits per heavy atom. The van der Waals surface area contributed by atoms with Gasteiger partial charge in [0.25, 0.3) is 0 Å². The molecule has 0 atom stereocenters. The second-order valence-electron chi connectivity index (χ2n) is 3.99. The molecule has 2 aromatic rings. The lowest BCUT2D eigenvalue weighted by molar-refractivity contribution is 0.377. The molecule has 0 saturated carbocycles. The topological polar surface area (TPSA) is 47.1 Å². The number of hydrogen-bond donors (Lipinski definition) is 1. The van der Waals surface area contributed by atoms with Crippen LogP contribution in [-0.4, -0.2) is 35.3 Å². The van der Waals surface area contributed by atoms with Crippen molar-refractivity contribution < 1.29 is 0 Å². The Kier molecular flexibility index (Phi) is 2.60. The van der Waals surface area contributed by atoms with Crippen LogP contribution < -0.4 is 5.73 Å². The predicted octanol–water partition coefficient (Wildman–Crippen LogP) is 1.18. The lowest BCUT2D eigenvalue weighted by Gasteiger charge is -2.09. The average molecular weight is 204 g/mol. The van der Waals surface area contributed by atoms with Gasteiger partial charge in [0.05, 0.1) is 18.3 Å². The van der Waals surface area contributed by atoms with E-state index in [0.717, 1.165) is 29.7 Å². The van der Waals surface area contributed by atoms with Crippen molar-refractivity contribution in [2.24, 2.45) is 0 Å². The summed E-state index contributed by atoms with van der Waals surface area (Å²) in [5.41, 5.74) is 7.65. The number of likely N-dealkylation sites (N-methyl/N-ethyl adjacent to an activating group) is 1. The molecule has 0 unspecified atom stereocenters. The monoisotopic (exact) mass is 204 g/mol. The van der Waals surface area contributed by atoms with Crippen LogP contribution in [0.3, 0.4) is 0 Å². The lowest BCUT2D eigenvalue weighted by Crippen LogP contribution is -2.18. The van der Waals surface area contributed by atoms with Crippen molar-refractivity contribution in [3.63, 3.8) is 0 Å². The van der Waals surface area contributed by atoms with Crippen molar-refractivity contribution in [2.45, 2.75) is 6.54 Å². The molecule has 2 rings (SSSR count). The standard InChI is InChI=1S/C11H16N4/c1-14(2)5-6-15-11-7-10(12)4-3-9(11)8-13-15/h3-4,7-8H,5-6,12H2,1-2H3. The van der Waals surface area contributed by atoms with Crippen molar-refractivity contribution in [3.05, 3.63) is 24.4 Å². The average Bonchev–Trinajstić information content (AvgIpc) is 2.57. The fraction of sp³-hybridized carbons (Fsp3) is 0.364. The molecule has 0 spiro atoms. The van der Waals surface area contributed by atoms with Crippen LogP contribution in [0.5, 0.6) is 0 Å². The highest BCUT2D eigenvalue weighted by atomic mass is 15.3. The van der Waals surface area contributed by atoms with Crippen molar-refractivity contribution in [1.82, 2.24) is 14.7 Å².